The monoisotopic (exact) mass is 501 g/mol. The number of anilines is 2. The molecule has 0 radical (unpaired) electrons. The minimum atomic E-state index is -4.01. The van der Waals surface area contributed by atoms with Crippen LogP contribution in [0.4, 0.5) is 25.1 Å². The van der Waals surface area contributed by atoms with Gasteiger partial charge in [0, 0.05) is 18.9 Å². The predicted octanol–water partition coefficient (Wildman–Crippen LogP) is 4.05. The number of aromatic nitrogens is 2. The van der Waals surface area contributed by atoms with Crippen LogP contribution in [-0.4, -0.2) is 50.9 Å². The zero-order chi connectivity index (χ0) is 26.5. The molecule has 10 nitrogen and oxygen atoms in total. The van der Waals surface area contributed by atoms with Crippen molar-refractivity contribution in [2.24, 2.45) is 0 Å². The van der Waals surface area contributed by atoms with E-state index in [1.54, 1.807) is 25.1 Å². The first-order chi connectivity index (χ1) is 17.0. The highest BCUT2D eigenvalue weighted by Crippen LogP contribution is 2.24. The predicted molar refractivity (Wildman–Crippen MR) is 126 cm³/mol. The third-order valence-electron chi connectivity index (χ3n) is 5.47. The number of urea groups is 1. The number of carboxylic acid groups (broad SMARTS) is 1. The molecule has 3 N–H and O–H groups in total. The number of nitrogens with one attached hydrogen (secondary N) is 2. The highest BCUT2D eigenvalue weighted by atomic mass is 19.3. The van der Waals surface area contributed by atoms with Crippen molar-refractivity contribution in [2.75, 3.05) is 17.7 Å². The number of amides is 3. The Hall–Kier alpha value is -4.35. The van der Waals surface area contributed by atoms with Crippen molar-refractivity contribution in [3.8, 4) is 0 Å². The highest BCUT2D eigenvalue weighted by Gasteiger charge is 2.41. The third-order valence-corrected chi connectivity index (χ3v) is 5.47. The topological polar surface area (TPSA) is 138 Å². The molecule has 1 aromatic carbocycles. The van der Waals surface area contributed by atoms with Gasteiger partial charge in [-0.1, -0.05) is 24.3 Å². The highest BCUT2D eigenvalue weighted by molar-refractivity contribution is 5.99. The fourth-order valence-corrected chi connectivity index (χ4v) is 3.16. The second kappa shape index (κ2) is 10.9. The van der Waals surface area contributed by atoms with Gasteiger partial charge in [0.05, 0.1) is 18.9 Å². The molecule has 0 bridgehead atoms. The first kappa shape index (κ1) is 26.3. The molecule has 0 aliphatic carbocycles. The Balaban J connectivity index is 1.55. The molecular formula is C24H25F2N5O5. The van der Waals surface area contributed by atoms with Crippen molar-refractivity contribution in [3.05, 3.63) is 71.6 Å². The molecule has 0 saturated carbocycles. The summed E-state index contributed by atoms with van der Waals surface area (Å²) in [4.78, 5) is 44.9. The van der Waals surface area contributed by atoms with Gasteiger partial charge >= 0.3 is 17.9 Å². The minimum absolute atomic E-state index is 0.00861. The van der Waals surface area contributed by atoms with E-state index in [2.05, 4.69) is 20.6 Å². The Bertz CT molecular complexity index is 1250. The van der Waals surface area contributed by atoms with Crippen LogP contribution in [0.1, 0.15) is 35.7 Å². The van der Waals surface area contributed by atoms with E-state index in [-0.39, 0.29) is 18.0 Å². The van der Waals surface area contributed by atoms with Crippen molar-refractivity contribution < 1.29 is 32.7 Å². The molecule has 1 unspecified atom stereocenters. The number of rotatable bonds is 9. The van der Waals surface area contributed by atoms with Gasteiger partial charge in [0.1, 0.15) is 17.8 Å². The summed E-state index contributed by atoms with van der Waals surface area (Å²) < 4.78 is 31.7. The van der Waals surface area contributed by atoms with Gasteiger partial charge in [-0.05, 0) is 37.1 Å². The number of pyridine rings is 1. The number of aryl methyl sites for hydroxylation is 1. The first-order valence-corrected chi connectivity index (χ1v) is 10.9. The molecule has 0 saturated heterocycles. The van der Waals surface area contributed by atoms with Crippen LogP contribution in [0.3, 0.4) is 0 Å². The average Bonchev–Trinajstić information content (AvgIpc) is 3.28. The zero-order valence-corrected chi connectivity index (χ0v) is 19.8. The Labute approximate surface area is 205 Å². The Morgan fingerprint density at radius 3 is 2.53 bits per heavy atom. The van der Waals surface area contributed by atoms with E-state index >= 15 is 0 Å². The molecule has 12 heteroatoms. The molecule has 0 aliphatic rings. The van der Waals surface area contributed by atoms with Crippen molar-refractivity contribution in [2.45, 2.75) is 38.7 Å². The quantitative estimate of drug-likeness (QED) is 0.402. The van der Waals surface area contributed by atoms with Gasteiger partial charge in [0.2, 0.25) is 11.8 Å². The lowest BCUT2D eigenvalue weighted by Crippen LogP contribution is -2.32. The van der Waals surface area contributed by atoms with E-state index in [1.165, 1.54) is 18.1 Å². The first-order valence-electron chi connectivity index (χ1n) is 10.9. The third kappa shape index (κ3) is 6.62. The Morgan fingerprint density at radius 2 is 1.89 bits per heavy atom. The molecule has 2 aromatic heterocycles. The van der Waals surface area contributed by atoms with E-state index in [0.29, 0.717) is 17.1 Å². The summed E-state index contributed by atoms with van der Waals surface area (Å²) in [6.45, 7) is 3.50. The van der Waals surface area contributed by atoms with E-state index in [9.17, 15) is 23.2 Å². The molecule has 3 rings (SSSR count). The number of hydrogen-bond acceptors (Lipinski definition) is 6. The van der Waals surface area contributed by atoms with Crippen molar-refractivity contribution in [1.82, 2.24) is 14.9 Å². The van der Waals surface area contributed by atoms with Crippen LogP contribution in [-0.2, 0) is 22.4 Å². The number of halogens is 2. The van der Waals surface area contributed by atoms with Crippen molar-refractivity contribution in [1.29, 1.82) is 0 Å². The van der Waals surface area contributed by atoms with E-state index in [4.69, 9.17) is 9.52 Å². The molecule has 0 aliphatic heterocycles. The van der Waals surface area contributed by atoms with Gasteiger partial charge in [-0.25, -0.2) is 19.6 Å². The molecule has 1 atom stereocenters. The number of likely N-dealkylation sites (N-methyl/N-ethyl adjacent to an activating group) is 1. The standard InChI is InChI=1S/C24H25F2N5O5/c1-14-6-4-5-7-17(14)29-23(35)30-19-9-8-16(12-27-19)10-21(32)31(3)15(2)18-13-36-20(28-18)11-24(25,26)22(33)34/h4-9,12-13,15H,10-11H2,1-3H3,(H,33,34)(H2,27,29,30,35). The van der Waals surface area contributed by atoms with Crippen LogP contribution in [0.15, 0.2) is 53.3 Å². The summed E-state index contributed by atoms with van der Waals surface area (Å²) in [5.74, 6) is -6.73. The average molecular weight is 501 g/mol. The summed E-state index contributed by atoms with van der Waals surface area (Å²) in [5.41, 5.74) is 2.38. The molecule has 3 aromatic rings. The van der Waals surface area contributed by atoms with Gasteiger partial charge in [0.15, 0.2) is 0 Å². The van der Waals surface area contributed by atoms with Crippen LogP contribution < -0.4 is 10.6 Å². The largest absolute Gasteiger partial charge is 0.477 e. The second-order valence-corrected chi connectivity index (χ2v) is 8.16. The fourth-order valence-electron chi connectivity index (χ4n) is 3.16. The number of carbonyl (C=O) groups is 3. The number of hydrogen-bond donors (Lipinski definition) is 3. The molecular weight excluding hydrogens is 476 g/mol. The van der Waals surface area contributed by atoms with Crippen LogP contribution in [0.25, 0.3) is 0 Å². The summed E-state index contributed by atoms with van der Waals surface area (Å²) in [6.07, 6.45) is 1.38. The number of alkyl halides is 2. The minimum Gasteiger partial charge on any atom is -0.477 e. The van der Waals surface area contributed by atoms with Gasteiger partial charge in [-0.3, -0.25) is 10.1 Å². The molecule has 190 valence electrons. The van der Waals surface area contributed by atoms with Crippen molar-refractivity contribution >= 4 is 29.4 Å². The smallest absolute Gasteiger partial charge is 0.375 e. The number of para-hydroxylation sites is 1. The molecule has 0 spiro atoms. The lowest BCUT2D eigenvalue weighted by atomic mass is 10.1. The number of carboxylic acids is 1. The maximum Gasteiger partial charge on any atom is 0.375 e. The van der Waals surface area contributed by atoms with Crippen LogP contribution in [0, 0.1) is 6.92 Å². The van der Waals surface area contributed by atoms with Gasteiger partial charge in [-0.2, -0.15) is 8.78 Å². The zero-order valence-electron chi connectivity index (χ0n) is 19.8. The number of aliphatic carboxylic acids is 1. The van der Waals surface area contributed by atoms with E-state index < -0.39 is 36.3 Å². The van der Waals surface area contributed by atoms with Gasteiger partial charge in [0.25, 0.3) is 0 Å². The van der Waals surface area contributed by atoms with Crippen LogP contribution >= 0.6 is 0 Å². The molecule has 36 heavy (non-hydrogen) atoms. The number of oxazole rings is 1. The van der Waals surface area contributed by atoms with Gasteiger partial charge in [-0.15, -0.1) is 0 Å². The number of nitrogens with zero attached hydrogens (tertiary/aromatic N) is 3. The number of benzene rings is 1. The van der Waals surface area contributed by atoms with Crippen LogP contribution in [0.2, 0.25) is 0 Å². The maximum atomic E-state index is 13.4. The summed E-state index contributed by atoms with van der Waals surface area (Å²) in [7, 11) is 1.52. The lowest BCUT2D eigenvalue weighted by Gasteiger charge is -2.23. The Morgan fingerprint density at radius 1 is 1.17 bits per heavy atom. The number of carbonyl (C=O) groups excluding carboxylic acids is 2. The summed E-state index contributed by atoms with van der Waals surface area (Å²) >= 11 is 0. The second-order valence-electron chi connectivity index (χ2n) is 8.16. The maximum absolute atomic E-state index is 13.4. The Kier molecular flexibility index (Phi) is 7.97. The fraction of sp³-hybridized carbons (Fsp3) is 0.292. The SMILES string of the molecule is Cc1ccccc1NC(=O)Nc1ccc(CC(=O)N(C)C(C)c2coc(CC(F)(F)C(=O)O)n2)cn1. The summed E-state index contributed by atoms with van der Waals surface area (Å²) in [6, 6.07) is 9.46. The molecule has 0 fully saturated rings. The van der Waals surface area contributed by atoms with Crippen molar-refractivity contribution in [3.63, 3.8) is 0 Å². The van der Waals surface area contributed by atoms with Crippen LogP contribution in [0.5, 0.6) is 0 Å². The van der Waals surface area contributed by atoms with E-state index in [1.807, 2.05) is 25.1 Å². The van der Waals surface area contributed by atoms with E-state index in [0.717, 1.165) is 11.8 Å². The molecule has 3 amide bonds. The normalized spacial score (nSPS) is 12.0. The lowest BCUT2D eigenvalue weighted by molar-refractivity contribution is -0.165. The molecule has 2 heterocycles. The van der Waals surface area contributed by atoms with Gasteiger partial charge < -0.3 is 19.7 Å². The summed E-state index contributed by atoms with van der Waals surface area (Å²) in [5, 5.41) is 13.9.